The largest absolute Gasteiger partial charge is 0.497 e. The molecule has 5 heteroatoms. The first-order chi connectivity index (χ1) is 15.1. The lowest BCUT2D eigenvalue weighted by atomic mass is 9.75. The molecule has 1 N–H and O–H groups in total. The Labute approximate surface area is 182 Å². The lowest BCUT2D eigenvalue weighted by molar-refractivity contribution is -0.139. The predicted molar refractivity (Wildman–Crippen MR) is 119 cm³/mol. The highest BCUT2D eigenvalue weighted by atomic mass is 16.5. The van der Waals surface area contributed by atoms with Crippen molar-refractivity contribution in [1.29, 1.82) is 0 Å². The van der Waals surface area contributed by atoms with Gasteiger partial charge in [-0.1, -0.05) is 42.5 Å². The molecule has 0 saturated carbocycles. The van der Waals surface area contributed by atoms with Crippen molar-refractivity contribution in [3.05, 3.63) is 88.3 Å². The Morgan fingerprint density at radius 3 is 2.68 bits per heavy atom. The molecule has 0 unspecified atom stereocenters. The molecule has 2 aliphatic rings. The summed E-state index contributed by atoms with van der Waals surface area (Å²) in [6, 6.07) is 17.5. The average Bonchev–Trinajstić information content (AvgIpc) is 2.79. The average molecular weight is 418 g/mol. The fourth-order valence-electron chi connectivity index (χ4n) is 4.39. The first kappa shape index (κ1) is 20.9. The van der Waals surface area contributed by atoms with E-state index in [0.717, 1.165) is 35.4 Å². The number of dihydropyridines is 1. The van der Waals surface area contributed by atoms with E-state index in [2.05, 4.69) is 5.32 Å². The lowest BCUT2D eigenvalue weighted by Crippen LogP contribution is -2.34. The molecule has 31 heavy (non-hydrogen) atoms. The molecule has 0 aromatic heterocycles. The number of hydrogen-bond donors (Lipinski definition) is 1. The fraction of sp³-hybridized carbons (Fsp3) is 0.308. The highest BCUT2D eigenvalue weighted by Crippen LogP contribution is 2.43. The number of carbonyl (C=O) groups excluding carboxylic acids is 2. The minimum absolute atomic E-state index is 0.0867. The Morgan fingerprint density at radius 2 is 1.90 bits per heavy atom. The molecule has 4 rings (SSSR count). The zero-order valence-electron chi connectivity index (χ0n) is 17.9. The van der Waals surface area contributed by atoms with Gasteiger partial charge in [-0.2, -0.15) is 0 Å². The molecule has 1 atom stereocenters. The van der Waals surface area contributed by atoms with Crippen LogP contribution in [0.2, 0.25) is 0 Å². The van der Waals surface area contributed by atoms with Gasteiger partial charge in [-0.15, -0.1) is 0 Å². The van der Waals surface area contributed by atoms with E-state index >= 15 is 0 Å². The SMILES string of the molecule is COc1cccc([C@H]2C(C(=O)OCCc3ccccc3)=C(C)NC3=C2C(=O)CCC3)c1. The molecular weight excluding hydrogens is 390 g/mol. The number of methoxy groups -OCH3 is 1. The van der Waals surface area contributed by atoms with Crippen LogP contribution >= 0.6 is 0 Å². The van der Waals surface area contributed by atoms with Crippen molar-refractivity contribution in [2.24, 2.45) is 0 Å². The third-order valence-electron chi connectivity index (χ3n) is 5.89. The molecule has 0 saturated heterocycles. The Balaban J connectivity index is 1.65. The van der Waals surface area contributed by atoms with Crippen LogP contribution in [0.15, 0.2) is 77.1 Å². The molecule has 0 bridgehead atoms. The summed E-state index contributed by atoms with van der Waals surface area (Å²) < 4.78 is 11.1. The second-order valence-corrected chi connectivity index (χ2v) is 7.91. The van der Waals surface area contributed by atoms with Crippen LogP contribution in [0.3, 0.4) is 0 Å². The van der Waals surface area contributed by atoms with Gasteiger partial charge in [-0.3, -0.25) is 4.79 Å². The number of ketones is 1. The normalized spacial score (nSPS) is 18.4. The number of Topliss-reactive ketones (excluding diaryl/α,β-unsaturated/α-hetero) is 1. The number of allylic oxidation sites excluding steroid dienone is 3. The van der Waals surface area contributed by atoms with Crippen molar-refractivity contribution >= 4 is 11.8 Å². The lowest BCUT2D eigenvalue weighted by Gasteiger charge is -2.34. The molecule has 0 amide bonds. The summed E-state index contributed by atoms with van der Waals surface area (Å²) in [7, 11) is 1.61. The Kier molecular flexibility index (Phi) is 6.21. The van der Waals surface area contributed by atoms with Crippen LogP contribution in [0.5, 0.6) is 5.75 Å². The molecule has 5 nitrogen and oxygen atoms in total. The van der Waals surface area contributed by atoms with E-state index in [1.54, 1.807) is 7.11 Å². The number of ether oxygens (including phenoxy) is 2. The number of rotatable bonds is 6. The van der Waals surface area contributed by atoms with Gasteiger partial charge in [0, 0.05) is 35.7 Å². The summed E-state index contributed by atoms with van der Waals surface area (Å²) in [6.07, 6.45) is 2.76. The number of esters is 1. The molecule has 160 valence electrons. The zero-order valence-corrected chi connectivity index (χ0v) is 17.9. The molecule has 1 aliphatic carbocycles. The topological polar surface area (TPSA) is 64.6 Å². The third-order valence-corrected chi connectivity index (χ3v) is 5.89. The summed E-state index contributed by atoms with van der Waals surface area (Å²) in [4.78, 5) is 26.2. The molecule has 1 heterocycles. The van der Waals surface area contributed by atoms with E-state index in [9.17, 15) is 9.59 Å². The van der Waals surface area contributed by atoms with Crippen molar-refractivity contribution in [1.82, 2.24) is 5.32 Å². The predicted octanol–water partition coefficient (Wildman–Crippen LogP) is 4.45. The van der Waals surface area contributed by atoms with Crippen molar-refractivity contribution in [3.8, 4) is 5.75 Å². The first-order valence-corrected chi connectivity index (χ1v) is 10.7. The summed E-state index contributed by atoms with van der Waals surface area (Å²) in [5.41, 5.74) is 4.81. The van der Waals surface area contributed by atoms with Crippen LogP contribution in [-0.4, -0.2) is 25.5 Å². The summed E-state index contributed by atoms with van der Waals surface area (Å²) >= 11 is 0. The molecule has 1 aliphatic heterocycles. The molecule has 2 aromatic carbocycles. The van der Waals surface area contributed by atoms with E-state index in [-0.39, 0.29) is 12.4 Å². The van der Waals surface area contributed by atoms with Gasteiger partial charge in [-0.05, 0) is 43.0 Å². The van der Waals surface area contributed by atoms with E-state index in [4.69, 9.17) is 9.47 Å². The minimum atomic E-state index is -0.455. The van der Waals surface area contributed by atoms with Crippen LogP contribution in [0.4, 0.5) is 0 Å². The Hall–Kier alpha value is -3.34. The van der Waals surface area contributed by atoms with Crippen LogP contribution in [-0.2, 0) is 20.7 Å². The van der Waals surface area contributed by atoms with Crippen molar-refractivity contribution < 1.29 is 19.1 Å². The molecular formula is C26H27NO4. The van der Waals surface area contributed by atoms with Crippen LogP contribution < -0.4 is 10.1 Å². The van der Waals surface area contributed by atoms with Crippen molar-refractivity contribution in [2.45, 2.75) is 38.5 Å². The quantitative estimate of drug-likeness (QED) is 0.704. The van der Waals surface area contributed by atoms with Crippen molar-refractivity contribution in [3.63, 3.8) is 0 Å². The third kappa shape index (κ3) is 4.41. The van der Waals surface area contributed by atoms with E-state index in [1.165, 1.54) is 0 Å². The maximum atomic E-state index is 13.2. The second-order valence-electron chi connectivity index (χ2n) is 7.91. The van der Waals surface area contributed by atoms with Gasteiger partial charge in [0.25, 0.3) is 0 Å². The van der Waals surface area contributed by atoms with Gasteiger partial charge in [0.1, 0.15) is 5.75 Å². The van der Waals surface area contributed by atoms with Crippen LogP contribution in [0, 0.1) is 0 Å². The summed E-state index contributed by atoms with van der Waals surface area (Å²) in [6.45, 7) is 2.16. The van der Waals surface area contributed by atoms with Crippen LogP contribution in [0.25, 0.3) is 0 Å². The van der Waals surface area contributed by atoms with Crippen LogP contribution in [0.1, 0.15) is 43.2 Å². The fourth-order valence-corrected chi connectivity index (χ4v) is 4.39. The van der Waals surface area contributed by atoms with E-state index in [0.29, 0.717) is 29.7 Å². The maximum Gasteiger partial charge on any atom is 0.336 e. The van der Waals surface area contributed by atoms with E-state index < -0.39 is 11.9 Å². The highest BCUT2D eigenvalue weighted by molar-refractivity contribution is 6.03. The standard InChI is InChI=1S/C26H27NO4/c1-17-23(26(29)31-15-14-18-8-4-3-5-9-18)24(19-10-6-11-20(16-19)30-2)25-21(27-17)12-7-13-22(25)28/h3-6,8-11,16,24,27H,7,12-15H2,1-2H3/t24-/m0/s1. The molecule has 0 spiro atoms. The maximum absolute atomic E-state index is 13.2. The van der Waals surface area contributed by atoms with E-state index in [1.807, 2.05) is 61.5 Å². The second kappa shape index (κ2) is 9.21. The number of benzene rings is 2. The molecule has 2 aromatic rings. The van der Waals surface area contributed by atoms with Gasteiger partial charge < -0.3 is 14.8 Å². The highest BCUT2D eigenvalue weighted by Gasteiger charge is 2.39. The first-order valence-electron chi connectivity index (χ1n) is 10.7. The summed E-state index contributed by atoms with van der Waals surface area (Å²) in [5.74, 6) is -0.0680. The monoisotopic (exact) mass is 417 g/mol. The molecule has 0 radical (unpaired) electrons. The number of hydrogen-bond acceptors (Lipinski definition) is 5. The number of carbonyl (C=O) groups is 2. The van der Waals surface area contributed by atoms with Gasteiger partial charge >= 0.3 is 5.97 Å². The van der Waals surface area contributed by atoms with Gasteiger partial charge in [-0.25, -0.2) is 4.79 Å². The number of nitrogens with one attached hydrogen (secondary N) is 1. The Morgan fingerprint density at radius 1 is 1.10 bits per heavy atom. The van der Waals surface area contributed by atoms with Gasteiger partial charge in [0.05, 0.1) is 19.3 Å². The minimum Gasteiger partial charge on any atom is -0.497 e. The van der Waals surface area contributed by atoms with Gasteiger partial charge in [0.15, 0.2) is 5.78 Å². The Bertz CT molecular complexity index is 1050. The summed E-state index contributed by atoms with van der Waals surface area (Å²) in [5, 5.41) is 3.32. The van der Waals surface area contributed by atoms with Gasteiger partial charge in [0.2, 0.25) is 0 Å². The zero-order chi connectivity index (χ0) is 21.8. The smallest absolute Gasteiger partial charge is 0.336 e. The molecule has 0 fully saturated rings. The van der Waals surface area contributed by atoms with Crippen molar-refractivity contribution in [2.75, 3.05) is 13.7 Å².